The maximum Gasteiger partial charge on any atom is 0.148 e. The molecule has 0 spiro atoms. The number of ether oxygens (including phenoxy) is 1. The molecule has 80 valence electrons. The van der Waals surface area contributed by atoms with Crippen molar-refractivity contribution in [3.8, 4) is 18.1 Å². The van der Waals surface area contributed by atoms with Gasteiger partial charge in [0.15, 0.2) is 0 Å². The lowest BCUT2D eigenvalue weighted by molar-refractivity contribution is 0.343. The number of rotatable bonds is 2. The molecule has 3 heteroatoms. The van der Waals surface area contributed by atoms with Gasteiger partial charge < -0.3 is 4.74 Å². The van der Waals surface area contributed by atoms with Gasteiger partial charge in [-0.2, -0.15) is 5.10 Å². The highest BCUT2D eigenvalue weighted by Crippen LogP contribution is 2.25. The summed E-state index contributed by atoms with van der Waals surface area (Å²) in [5.41, 5.74) is 2.42. The fraction of sp³-hybridized carbons (Fsp3) is 0.231. The minimum Gasteiger partial charge on any atom is -0.491 e. The van der Waals surface area contributed by atoms with Crippen molar-refractivity contribution in [2.24, 2.45) is 0 Å². The molecule has 1 aromatic carbocycles. The summed E-state index contributed by atoms with van der Waals surface area (Å²) in [7, 11) is 0. The molecule has 2 aromatic rings. The predicted molar refractivity (Wildman–Crippen MR) is 63.4 cm³/mol. The average Bonchev–Trinajstić information content (AvgIpc) is 2.28. The minimum atomic E-state index is 0.582. The van der Waals surface area contributed by atoms with Crippen molar-refractivity contribution < 1.29 is 4.74 Å². The summed E-state index contributed by atoms with van der Waals surface area (Å²) < 4.78 is 5.50. The first-order valence-electron chi connectivity index (χ1n) is 5.12. The molecule has 0 N–H and O–H groups in total. The standard InChI is InChI=1S/C13H12N2O/c1-4-10-7-11-6-9(3)14-15-13(11)12(8-10)16-5-2/h1,6-8H,5H2,2-3H3. The summed E-state index contributed by atoms with van der Waals surface area (Å²) in [4.78, 5) is 0. The van der Waals surface area contributed by atoms with E-state index < -0.39 is 0 Å². The molecule has 0 unspecified atom stereocenters. The van der Waals surface area contributed by atoms with E-state index in [-0.39, 0.29) is 0 Å². The third-order valence-electron chi connectivity index (χ3n) is 2.24. The Morgan fingerprint density at radius 1 is 1.31 bits per heavy atom. The molecular formula is C13H12N2O. The molecule has 0 aliphatic carbocycles. The quantitative estimate of drug-likeness (QED) is 0.716. The number of terminal acetylenes is 1. The number of nitrogens with zero attached hydrogens (tertiary/aromatic N) is 2. The molecule has 0 saturated carbocycles. The van der Waals surface area contributed by atoms with Crippen LogP contribution < -0.4 is 4.74 Å². The van der Waals surface area contributed by atoms with E-state index in [0.29, 0.717) is 12.4 Å². The zero-order chi connectivity index (χ0) is 11.5. The van der Waals surface area contributed by atoms with Gasteiger partial charge in [-0.05, 0) is 32.0 Å². The number of hydrogen-bond donors (Lipinski definition) is 0. The van der Waals surface area contributed by atoms with Crippen LogP contribution in [-0.2, 0) is 0 Å². The van der Waals surface area contributed by atoms with Crippen molar-refractivity contribution in [1.29, 1.82) is 0 Å². The molecule has 0 radical (unpaired) electrons. The van der Waals surface area contributed by atoms with Crippen LogP contribution in [0.4, 0.5) is 0 Å². The van der Waals surface area contributed by atoms with Gasteiger partial charge in [0.25, 0.3) is 0 Å². The van der Waals surface area contributed by atoms with E-state index in [1.807, 2.05) is 32.0 Å². The van der Waals surface area contributed by atoms with Gasteiger partial charge in [-0.3, -0.25) is 0 Å². The Bertz CT molecular complexity index is 570. The molecule has 0 atom stereocenters. The molecule has 0 saturated heterocycles. The molecule has 0 aliphatic rings. The molecule has 3 nitrogen and oxygen atoms in total. The summed E-state index contributed by atoms with van der Waals surface area (Å²) in [6.07, 6.45) is 5.40. The number of benzene rings is 1. The van der Waals surface area contributed by atoms with Crippen LogP contribution in [0.5, 0.6) is 5.75 Å². The first-order valence-corrected chi connectivity index (χ1v) is 5.12. The van der Waals surface area contributed by atoms with Gasteiger partial charge in [0.1, 0.15) is 11.3 Å². The Labute approximate surface area is 94.5 Å². The van der Waals surface area contributed by atoms with Crippen LogP contribution in [-0.4, -0.2) is 16.8 Å². The molecule has 16 heavy (non-hydrogen) atoms. The Balaban J connectivity index is 2.72. The van der Waals surface area contributed by atoms with Crippen molar-refractivity contribution in [3.63, 3.8) is 0 Å². The summed E-state index contributed by atoms with van der Waals surface area (Å²) in [6.45, 7) is 4.41. The summed E-state index contributed by atoms with van der Waals surface area (Å²) in [5.74, 6) is 3.30. The maximum absolute atomic E-state index is 5.50. The Morgan fingerprint density at radius 2 is 2.12 bits per heavy atom. The van der Waals surface area contributed by atoms with E-state index in [2.05, 4.69) is 16.1 Å². The SMILES string of the molecule is C#Cc1cc(OCC)c2nnc(C)cc2c1. The van der Waals surface area contributed by atoms with Gasteiger partial charge in [0.2, 0.25) is 0 Å². The van der Waals surface area contributed by atoms with Gasteiger partial charge in [0, 0.05) is 10.9 Å². The normalized spacial score (nSPS) is 10.1. The van der Waals surface area contributed by atoms with Crippen LogP contribution in [0.25, 0.3) is 10.9 Å². The van der Waals surface area contributed by atoms with Crippen LogP contribution in [0.15, 0.2) is 18.2 Å². The lowest BCUT2D eigenvalue weighted by Crippen LogP contribution is -1.96. The largest absolute Gasteiger partial charge is 0.491 e. The third-order valence-corrected chi connectivity index (χ3v) is 2.24. The van der Waals surface area contributed by atoms with Crippen LogP contribution >= 0.6 is 0 Å². The second-order valence-corrected chi connectivity index (χ2v) is 3.48. The summed E-state index contributed by atoms with van der Waals surface area (Å²) in [6, 6.07) is 5.68. The zero-order valence-corrected chi connectivity index (χ0v) is 9.32. The molecular weight excluding hydrogens is 200 g/mol. The number of aryl methyl sites for hydroxylation is 1. The second kappa shape index (κ2) is 4.19. The van der Waals surface area contributed by atoms with E-state index in [0.717, 1.165) is 22.2 Å². The average molecular weight is 212 g/mol. The zero-order valence-electron chi connectivity index (χ0n) is 9.32. The van der Waals surface area contributed by atoms with Crippen LogP contribution in [0.1, 0.15) is 18.2 Å². The van der Waals surface area contributed by atoms with E-state index in [1.165, 1.54) is 0 Å². The molecule has 0 bridgehead atoms. The van der Waals surface area contributed by atoms with E-state index >= 15 is 0 Å². The number of hydrogen-bond acceptors (Lipinski definition) is 3. The first kappa shape index (κ1) is 10.4. The fourth-order valence-corrected chi connectivity index (χ4v) is 1.58. The fourth-order valence-electron chi connectivity index (χ4n) is 1.58. The highest BCUT2D eigenvalue weighted by molar-refractivity contribution is 5.85. The predicted octanol–water partition coefficient (Wildman–Crippen LogP) is 2.32. The molecule has 0 fully saturated rings. The second-order valence-electron chi connectivity index (χ2n) is 3.48. The van der Waals surface area contributed by atoms with Crippen LogP contribution in [0, 0.1) is 19.3 Å². The molecule has 2 rings (SSSR count). The van der Waals surface area contributed by atoms with Crippen LogP contribution in [0.2, 0.25) is 0 Å². The van der Waals surface area contributed by atoms with Gasteiger partial charge in [-0.15, -0.1) is 11.5 Å². The Hall–Kier alpha value is -2.08. The number of fused-ring (bicyclic) bond motifs is 1. The first-order chi connectivity index (χ1) is 7.74. The van der Waals surface area contributed by atoms with E-state index in [1.54, 1.807) is 0 Å². The molecule has 1 heterocycles. The van der Waals surface area contributed by atoms with E-state index in [9.17, 15) is 0 Å². The van der Waals surface area contributed by atoms with E-state index in [4.69, 9.17) is 11.2 Å². The van der Waals surface area contributed by atoms with Crippen molar-refractivity contribution in [2.75, 3.05) is 6.61 Å². The van der Waals surface area contributed by atoms with Crippen molar-refractivity contribution >= 4 is 10.9 Å². The van der Waals surface area contributed by atoms with Gasteiger partial charge in [0.05, 0.1) is 12.3 Å². The smallest absolute Gasteiger partial charge is 0.148 e. The summed E-state index contributed by atoms with van der Waals surface area (Å²) >= 11 is 0. The van der Waals surface area contributed by atoms with Gasteiger partial charge >= 0.3 is 0 Å². The molecule has 0 aliphatic heterocycles. The van der Waals surface area contributed by atoms with Crippen molar-refractivity contribution in [2.45, 2.75) is 13.8 Å². The van der Waals surface area contributed by atoms with Gasteiger partial charge in [-0.25, -0.2) is 0 Å². The Morgan fingerprint density at radius 3 is 2.81 bits per heavy atom. The highest BCUT2D eigenvalue weighted by atomic mass is 16.5. The molecule has 0 amide bonds. The lowest BCUT2D eigenvalue weighted by atomic mass is 10.1. The van der Waals surface area contributed by atoms with Crippen molar-refractivity contribution in [1.82, 2.24) is 10.2 Å². The van der Waals surface area contributed by atoms with Crippen LogP contribution in [0.3, 0.4) is 0 Å². The Kier molecular flexibility index (Phi) is 2.74. The summed E-state index contributed by atoms with van der Waals surface area (Å²) in [5, 5.41) is 9.12. The maximum atomic E-state index is 5.50. The highest BCUT2D eigenvalue weighted by Gasteiger charge is 2.06. The van der Waals surface area contributed by atoms with Crippen molar-refractivity contribution in [3.05, 3.63) is 29.5 Å². The topological polar surface area (TPSA) is 35.0 Å². The van der Waals surface area contributed by atoms with Gasteiger partial charge in [-0.1, -0.05) is 5.92 Å². The lowest BCUT2D eigenvalue weighted by Gasteiger charge is -2.07. The third kappa shape index (κ3) is 1.82. The minimum absolute atomic E-state index is 0.582. The molecule has 1 aromatic heterocycles. The monoisotopic (exact) mass is 212 g/mol. The number of aromatic nitrogens is 2.